The van der Waals surface area contributed by atoms with Crippen molar-refractivity contribution in [1.82, 2.24) is 9.88 Å². The van der Waals surface area contributed by atoms with Crippen LogP contribution in [0.15, 0.2) is 23.6 Å². The van der Waals surface area contributed by atoms with Crippen LogP contribution in [0, 0.1) is 11.7 Å². The van der Waals surface area contributed by atoms with Crippen molar-refractivity contribution in [3.05, 3.63) is 29.4 Å². The van der Waals surface area contributed by atoms with Crippen molar-refractivity contribution in [3.8, 4) is 11.3 Å². The summed E-state index contributed by atoms with van der Waals surface area (Å²) >= 11 is 1.21. The molecule has 2 heterocycles. The zero-order valence-corrected chi connectivity index (χ0v) is 19.3. The molecule has 0 radical (unpaired) electrons. The van der Waals surface area contributed by atoms with Gasteiger partial charge in [0.15, 0.2) is 5.13 Å². The molecule has 0 spiro atoms. The number of aromatic nitrogens is 1. The van der Waals surface area contributed by atoms with Crippen molar-refractivity contribution in [2.24, 2.45) is 5.92 Å². The number of nitrogens with one attached hydrogen (secondary N) is 2. The second-order valence-electron chi connectivity index (χ2n) is 8.64. The van der Waals surface area contributed by atoms with Crippen LogP contribution in [0.3, 0.4) is 0 Å². The fraction of sp³-hybridized carbons (Fsp3) is 0.455. The summed E-state index contributed by atoms with van der Waals surface area (Å²) in [5.41, 5.74) is 0.482. The molecule has 32 heavy (non-hydrogen) atoms. The lowest BCUT2D eigenvalue weighted by Crippen LogP contribution is -2.43. The monoisotopic (exact) mass is 462 g/mol. The summed E-state index contributed by atoms with van der Waals surface area (Å²) in [7, 11) is 0. The maximum atomic E-state index is 14.4. The summed E-state index contributed by atoms with van der Waals surface area (Å²) in [5, 5.41) is 7.37. The third kappa shape index (κ3) is 6.25. The van der Waals surface area contributed by atoms with Crippen LogP contribution in [0.4, 0.5) is 20.0 Å². The van der Waals surface area contributed by atoms with Gasteiger partial charge in [-0.1, -0.05) is 0 Å². The summed E-state index contributed by atoms with van der Waals surface area (Å²) in [5.74, 6) is -1.22. The highest BCUT2D eigenvalue weighted by Gasteiger charge is 2.30. The number of halogens is 1. The minimum atomic E-state index is -0.558. The number of piperidine rings is 1. The molecule has 3 rings (SSSR count). The normalized spacial score (nSPS) is 14.7. The summed E-state index contributed by atoms with van der Waals surface area (Å²) < 4.78 is 19.8. The first kappa shape index (κ1) is 23.6. The molecule has 1 aliphatic rings. The van der Waals surface area contributed by atoms with Crippen LogP contribution >= 0.6 is 11.3 Å². The average molecular weight is 463 g/mol. The van der Waals surface area contributed by atoms with E-state index in [-0.39, 0.29) is 29.4 Å². The molecule has 172 valence electrons. The lowest BCUT2D eigenvalue weighted by molar-refractivity contribution is -0.121. The quantitative estimate of drug-likeness (QED) is 0.697. The van der Waals surface area contributed by atoms with E-state index in [9.17, 15) is 18.8 Å². The van der Waals surface area contributed by atoms with E-state index >= 15 is 0 Å². The van der Waals surface area contributed by atoms with Gasteiger partial charge in [0.25, 0.3) is 0 Å². The lowest BCUT2D eigenvalue weighted by atomic mass is 9.96. The highest BCUT2D eigenvalue weighted by molar-refractivity contribution is 7.14. The predicted molar refractivity (Wildman–Crippen MR) is 121 cm³/mol. The molecular formula is C22H27FN4O4S. The van der Waals surface area contributed by atoms with Crippen LogP contribution in [0.5, 0.6) is 0 Å². The number of hydrogen-bond donors (Lipinski definition) is 2. The second kappa shape index (κ2) is 9.64. The maximum absolute atomic E-state index is 14.4. The SMILES string of the molecule is CC(=O)Nc1ccc(-c2csc(NC(=O)C3CCN(C(=O)OC(C)(C)C)CC3)n2)c(F)c1. The van der Waals surface area contributed by atoms with Crippen LogP contribution in [-0.2, 0) is 14.3 Å². The third-order valence-electron chi connectivity index (χ3n) is 4.82. The Labute approximate surface area is 190 Å². The van der Waals surface area contributed by atoms with Crippen molar-refractivity contribution in [3.63, 3.8) is 0 Å². The number of carbonyl (C=O) groups is 3. The highest BCUT2D eigenvalue weighted by Crippen LogP contribution is 2.29. The Morgan fingerprint density at radius 3 is 2.47 bits per heavy atom. The maximum Gasteiger partial charge on any atom is 0.410 e. The number of amides is 3. The molecule has 8 nitrogen and oxygen atoms in total. The lowest BCUT2D eigenvalue weighted by Gasteiger charge is -2.32. The third-order valence-corrected chi connectivity index (χ3v) is 5.57. The van der Waals surface area contributed by atoms with E-state index in [1.807, 2.05) is 20.8 Å². The summed E-state index contributed by atoms with van der Waals surface area (Å²) in [6.45, 7) is 7.69. The standard InChI is InChI=1S/C22H27FN4O4S/c1-13(28)24-15-5-6-16(17(23)11-15)18-12-32-20(25-18)26-19(29)14-7-9-27(10-8-14)21(30)31-22(2,3)4/h5-6,11-12,14H,7-10H2,1-4H3,(H,24,28)(H,25,26,29). The number of anilines is 2. The van der Waals surface area contributed by atoms with Gasteiger partial charge in [0.1, 0.15) is 11.4 Å². The molecule has 1 fully saturated rings. The predicted octanol–water partition coefficient (Wildman–Crippen LogP) is 4.49. The van der Waals surface area contributed by atoms with Crippen molar-refractivity contribution in [1.29, 1.82) is 0 Å². The van der Waals surface area contributed by atoms with Gasteiger partial charge in [-0.3, -0.25) is 9.59 Å². The molecular weight excluding hydrogens is 435 g/mol. The van der Waals surface area contributed by atoms with Crippen LogP contribution in [-0.4, -0.2) is 46.5 Å². The number of hydrogen-bond acceptors (Lipinski definition) is 6. The first-order valence-electron chi connectivity index (χ1n) is 10.3. The first-order chi connectivity index (χ1) is 15.0. The van der Waals surface area contributed by atoms with Gasteiger partial charge in [-0.05, 0) is 51.8 Å². The van der Waals surface area contributed by atoms with E-state index < -0.39 is 11.4 Å². The van der Waals surface area contributed by atoms with Crippen LogP contribution < -0.4 is 10.6 Å². The van der Waals surface area contributed by atoms with E-state index in [0.29, 0.717) is 42.4 Å². The molecule has 1 saturated heterocycles. The van der Waals surface area contributed by atoms with Crippen molar-refractivity contribution < 1.29 is 23.5 Å². The molecule has 2 aromatic rings. The molecule has 2 N–H and O–H groups in total. The minimum absolute atomic E-state index is 0.170. The smallest absolute Gasteiger partial charge is 0.410 e. The Hall–Kier alpha value is -3.01. The zero-order valence-electron chi connectivity index (χ0n) is 18.5. The zero-order chi connectivity index (χ0) is 23.5. The topological polar surface area (TPSA) is 101 Å². The molecule has 0 atom stereocenters. The fourth-order valence-electron chi connectivity index (χ4n) is 3.32. The van der Waals surface area contributed by atoms with E-state index in [0.717, 1.165) is 0 Å². The van der Waals surface area contributed by atoms with E-state index in [4.69, 9.17) is 4.74 Å². The molecule has 1 aliphatic heterocycles. The average Bonchev–Trinajstić information content (AvgIpc) is 3.14. The van der Waals surface area contributed by atoms with Crippen molar-refractivity contribution >= 4 is 40.1 Å². The molecule has 3 amide bonds. The van der Waals surface area contributed by atoms with Gasteiger partial charge in [-0.2, -0.15) is 0 Å². The number of thiazole rings is 1. The number of benzene rings is 1. The second-order valence-corrected chi connectivity index (χ2v) is 9.50. The molecule has 10 heteroatoms. The fourth-order valence-corrected chi connectivity index (χ4v) is 4.03. The van der Waals surface area contributed by atoms with E-state index in [1.165, 1.54) is 30.4 Å². The van der Waals surface area contributed by atoms with Crippen molar-refractivity contribution in [2.75, 3.05) is 23.7 Å². The van der Waals surface area contributed by atoms with Gasteiger partial charge in [0.05, 0.1) is 5.69 Å². The highest BCUT2D eigenvalue weighted by atomic mass is 32.1. The Balaban J connectivity index is 1.56. The van der Waals surface area contributed by atoms with Gasteiger partial charge in [-0.25, -0.2) is 14.2 Å². The number of nitrogens with zero attached hydrogens (tertiary/aromatic N) is 2. The molecule has 1 aromatic heterocycles. The first-order valence-corrected chi connectivity index (χ1v) is 11.2. The summed E-state index contributed by atoms with van der Waals surface area (Å²) in [6.07, 6.45) is 0.693. The van der Waals surface area contributed by atoms with Crippen LogP contribution in [0.25, 0.3) is 11.3 Å². The minimum Gasteiger partial charge on any atom is -0.444 e. The summed E-state index contributed by atoms with van der Waals surface area (Å²) in [4.78, 5) is 41.9. The number of carbonyl (C=O) groups excluding carboxylic acids is 3. The van der Waals surface area contributed by atoms with Gasteiger partial charge in [-0.15, -0.1) is 11.3 Å². The number of rotatable bonds is 4. The van der Waals surface area contributed by atoms with E-state index in [1.54, 1.807) is 16.3 Å². The largest absolute Gasteiger partial charge is 0.444 e. The molecule has 0 bridgehead atoms. The van der Waals surface area contributed by atoms with Gasteiger partial charge in [0, 0.05) is 42.6 Å². The van der Waals surface area contributed by atoms with Gasteiger partial charge < -0.3 is 20.3 Å². The van der Waals surface area contributed by atoms with Crippen LogP contribution in [0.1, 0.15) is 40.5 Å². The molecule has 1 aromatic carbocycles. The van der Waals surface area contributed by atoms with E-state index in [2.05, 4.69) is 15.6 Å². The molecule has 0 saturated carbocycles. The summed E-state index contributed by atoms with van der Waals surface area (Å²) in [6, 6.07) is 4.36. The van der Waals surface area contributed by atoms with Crippen LogP contribution in [0.2, 0.25) is 0 Å². The Bertz CT molecular complexity index is 1010. The Kier molecular flexibility index (Phi) is 7.12. The number of ether oxygens (including phenoxy) is 1. The Morgan fingerprint density at radius 1 is 1.19 bits per heavy atom. The number of likely N-dealkylation sites (tertiary alicyclic amines) is 1. The van der Waals surface area contributed by atoms with Crippen molar-refractivity contribution in [2.45, 2.75) is 46.1 Å². The molecule has 0 unspecified atom stereocenters. The molecule has 0 aliphatic carbocycles. The Morgan fingerprint density at radius 2 is 1.88 bits per heavy atom. The van der Waals surface area contributed by atoms with Gasteiger partial charge in [0.2, 0.25) is 11.8 Å². The van der Waals surface area contributed by atoms with Gasteiger partial charge >= 0.3 is 6.09 Å².